The van der Waals surface area contributed by atoms with Crippen molar-refractivity contribution in [3.63, 3.8) is 0 Å². The first-order valence-electron chi connectivity index (χ1n) is 7.94. The topological polar surface area (TPSA) is 21.3 Å². The zero-order valence-corrected chi connectivity index (χ0v) is 13.6. The Kier molecular flexibility index (Phi) is 4.74. The molecule has 2 nitrogen and oxygen atoms in total. The van der Waals surface area contributed by atoms with Crippen molar-refractivity contribution in [3.05, 3.63) is 29.3 Å². The van der Waals surface area contributed by atoms with Crippen molar-refractivity contribution in [3.8, 4) is 5.75 Å². The van der Waals surface area contributed by atoms with Gasteiger partial charge in [-0.05, 0) is 38.7 Å². The predicted molar refractivity (Wildman–Crippen MR) is 85.2 cm³/mol. The Bertz CT molecular complexity index is 453. The molecule has 2 unspecified atom stereocenters. The highest BCUT2D eigenvalue weighted by Crippen LogP contribution is 2.37. The van der Waals surface area contributed by atoms with Gasteiger partial charge in [-0.3, -0.25) is 0 Å². The van der Waals surface area contributed by atoms with Gasteiger partial charge in [-0.2, -0.15) is 0 Å². The van der Waals surface area contributed by atoms with Crippen molar-refractivity contribution >= 4 is 0 Å². The van der Waals surface area contributed by atoms with Gasteiger partial charge in [0.05, 0.1) is 0 Å². The summed E-state index contributed by atoms with van der Waals surface area (Å²) in [4.78, 5) is 0. The van der Waals surface area contributed by atoms with Crippen LogP contribution in [0.4, 0.5) is 0 Å². The SMILES string of the molecule is CCC(C)CC(C)NCc1cccc2c1OC(C)(C)C2. The van der Waals surface area contributed by atoms with Crippen molar-refractivity contribution in [1.82, 2.24) is 5.32 Å². The van der Waals surface area contributed by atoms with Gasteiger partial charge in [0.1, 0.15) is 11.4 Å². The highest BCUT2D eigenvalue weighted by atomic mass is 16.5. The van der Waals surface area contributed by atoms with Crippen LogP contribution in [0.1, 0.15) is 58.6 Å². The van der Waals surface area contributed by atoms with Gasteiger partial charge in [0.15, 0.2) is 0 Å². The molecule has 1 heterocycles. The lowest BCUT2D eigenvalue weighted by molar-refractivity contribution is 0.137. The van der Waals surface area contributed by atoms with E-state index in [9.17, 15) is 0 Å². The Morgan fingerprint density at radius 3 is 2.75 bits per heavy atom. The quantitative estimate of drug-likeness (QED) is 0.835. The number of rotatable bonds is 6. The highest BCUT2D eigenvalue weighted by molar-refractivity contribution is 5.45. The smallest absolute Gasteiger partial charge is 0.127 e. The second-order valence-electron chi connectivity index (χ2n) is 6.97. The molecule has 1 aromatic carbocycles. The molecule has 1 N–H and O–H groups in total. The molecular weight excluding hydrogens is 246 g/mol. The summed E-state index contributed by atoms with van der Waals surface area (Å²) >= 11 is 0. The van der Waals surface area contributed by atoms with Crippen LogP contribution in [0.15, 0.2) is 18.2 Å². The van der Waals surface area contributed by atoms with Crippen molar-refractivity contribution in [2.45, 2.75) is 72.1 Å². The summed E-state index contributed by atoms with van der Waals surface area (Å²) in [7, 11) is 0. The molecule has 0 aliphatic carbocycles. The molecule has 0 amide bonds. The number of fused-ring (bicyclic) bond motifs is 1. The van der Waals surface area contributed by atoms with Gasteiger partial charge in [0, 0.05) is 24.6 Å². The Labute approximate surface area is 123 Å². The fraction of sp³-hybridized carbons (Fsp3) is 0.667. The summed E-state index contributed by atoms with van der Waals surface area (Å²) in [6, 6.07) is 7.08. The van der Waals surface area contributed by atoms with Gasteiger partial charge in [-0.1, -0.05) is 38.5 Å². The maximum Gasteiger partial charge on any atom is 0.127 e. The summed E-state index contributed by atoms with van der Waals surface area (Å²) in [6.07, 6.45) is 3.50. The zero-order chi connectivity index (χ0) is 14.8. The third-order valence-electron chi connectivity index (χ3n) is 4.27. The minimum absolute atomic E-state index is 0.0548. The molecule has 0 spiro atoms. The Hall–Kier alpha value is -1.02. The molecule has 0 radical (unpaired) electrons. The second kappa shape index (κ2) is 6.17. The fourth-order valence-electron chi connectivity index (χ4n) is 2.96. The van der Waals surface area contributed by atoms with Crippen molar-refractivity contribution in [2.75, 3.05) is 0 Å². The average molecular weight is 275 g/mol. The Morgan fingerprint density at radius 2 is 2.05 bits per heavy atom. The van der Waals surface area contributed by atoms with E-state index < -0.39 is 0 Å². The summed E-state index contributed by atoms with van der Waals surface area (Å²) in [5, 5.41) is 3.64. The molecule has 0 bridgehead atoms. The van der Waals surface area contributed by atoms with Gasteiger partial charge in [-0.15, -0.1) is 0 Å². The summed E-state index contributed by atoms with van der Waals surface area (Å²) in [5.74, 6) is 1.90. The molecule has 112 valence electrons. The molecule has 0 saturated heterocycles. The molecule has 2 heteroatoms. The largest absolute Gasteiger partial charge is 0.487 e. The fourth-order valence-corrected chi connectivity index (χ4v) is 2.96. The first-order chi connectivity index (χ1) is 9.41. The van der Waals surface area contributed by atoms with Crippen molar-refractivity contribution < 1.29 is 4.74 Å². The summed E-state index contributed by atoms with van der Waals surface area (Å²) in [5.41, 5.74) is 2.59. The van der Waals surface area contributed by atoms with Crippen LogP contribution in [0, 0.1) is 5.92 Å². The molecular formula is C18H29NO. The van der Waals surface area contributed by atoms with Crippen LogP contribution in [0.3, 0.4) is 0 Å². The Morgan fingerprint density at radius 1 is 1.30 bits per heavy atom. The molecule has 0 aromatic heterocycles. The van der Waals surface area contributed by atoms with Crippen LogP contribution < -0.4 is 10.1 Å². The van der Waals surface area contributed by atoms with E-state index in [1.165, 1.54) is 24.0 Å². The third kappa shape index (κ3) is 3.76. The van der Waals surface area contributed by atoms with Gasteiger partial charge >= 0.3 is 0 Å². The first-order valence-corrected chi connectivity index (χ1v) is 7.94. The van der Waals surface area contributed by atoms with Gasteiger partial charge in [-0.25, -0.2) is 0 Å². The summed E-state index contributed by atoms with van der Waals surface area (Å²) < 4.78 is 6.12. The third-order valence-corrected chi connectivity index (χ3v) is 4.27. The van der Waals surface area contributed by atoms with Crippen LogP contribution in [-0.2, 0) is 13.0 Å². The average Bonchev–Trinajstić information content (AvgIpc) is 2.70. The number of hydrogen-bond donors (Lipinski definition) is 1. The maximum absolute atomic E-state index is 6.12. The van der Waals surface area contributed by atoms with E-state index in [1.807, 2.05) is 0 Å². The van der Waals surface area contributed by atoms with Crippen LogP contribution >= 0.6 is 0 Å². The van der Waals surface area contributed by atoms with Gasteiger partial charge in [0.2, 0.25) is 0 Å². The minimum atomic E-state index is -0.0548. The molecule has 1 aromatic rings. The number of ether oxygens (including phenoxy) is 1. The van der Waals surface area contributed by atoms with E-state index in [2.05, 4.69) is 58.1 Å². The molecule has 2 atom stereocenters. The Balaban J connectivity index is 1.97. The standard InChI is InChI=1S/C18H29NO/c1-6-13(2)10-14(3)19-12-16-9-7-8-15-11-18(4,5)20-17(15)16/h7-9,13-14,19H,6,10-12H2,1-5H3. The summed E-state index contributed by atoms with van der Waals surface area (Å²) in [6.45, 7) is 12.1. The zero-order valence-electron chi connectivity index (χ0n) is 13.6. The number of benzene rings is 1. The number of para-hydroxylation sites is 1. The molecule has 1 aliphatic heterocycles. The lowest BCUT2D eigenvalue weighted by atomic mass is 9.99. The van der Waals surface area contributed by atoms with E-state index in [4.69, 9.17) is 4.74 Å². The molecule has 0 saturated carbocycles. The van der Waals surface area contributed by atoms with Crippen LogP contribution in [0.5, 0.6) is 5.75 Å². The normalized spacial score (nSPS) is 19.2. The van der Waals surface area contributed by atoms with E-state index in [0.717, 1.165) is 24.6 Å². The van der Waals surface area contributed by atoms with E-state index in [0.29, 0.717) is 6.04 Å². The molecule has 0 fully saturated rings. The lowest BCUT2D eigenvalue weighted by Gasteiger charge is -2.20. The van der Waals surface area contributed by atoms with Gasteiger partial charge < -0.3 is 10.1 Å². The highest BCUT2D eigenvalue weighted by Gasteiger charge is 2.31. The van der Waals surface area contributed by atoms with Crippen LogP contribution in [-0.4, -0.2) is 11.6 Å². The van der Waals surface area contributed by atoms with Crippen LogP contribution in [0.2, 0.25) is 0 Å². The van der Waals surface area contributed by atoms with E-state index >= 15 is 0 Å². The first kappa shape index (κ1) is 15.4. The van der Waals surface area contributed by atoms with Crippen molar-refractivity contribution in [2.24, 2.45) is 5.92 Å². The predicted octanol–water partition coefficient (Wildman–Crippen LogP) is 4.31. The van der Waals surface area contributed by atoms with Crippen LogP contribution in [0.25, 0.3) is 0 Å². The maximum atomic E-state index is 6.12. The lowest BCUT2D eigenvalue weighted by Crippen LogP contribution is -2.28. The molecule has 1 aliphatic rings. The minimum Gasteiger partial charge on any atom is -0.487 e. The monoisotopic (exact) mass is 275 g/mol. The number of hydrogen-bond acceptors (Lipinski definition) is 2. The number of nitrogens with one attached hydrogen (secondary N) is 1. The van der Waals surface area contributed by atoms with Gasteiger partial charge in [0.25, 0.3) is 0 Å². The van der Waals surface area contributed by atoms with E-state index in [1.54, 1.807) is 0 Å². The van der Waals surface area contributed by atoms with E-state index in [-0.39, 0.29) is 5.60 Å². The molecule has 2 rings (SSSR count). The van der Waals surface area contributed by atoms with Crippen molar-refractivity contribution in [1.29, 1.82) is 0 Å². The second-order valence-corrected chi connectivity index (χ2v) is 6.97. The molecule has 20 heavy (non-hydrogen) atoms.